The summed E-state index contributed by atoms with van der Waals surface area (Å²) < 4.78 is 10.6. The molecule has 0 bridgehead atoms. The maximum Gasteiger partial charge on any atom is 0.255 e. The average Bonchev–Trinajstić information content (AvgIpc) is 2.68. The molecule has 1 aromatic carbocycles. The van der Waals surface area contributed by atoms with Gasteiger partial charge in [-0.1, -0.05) is 12.1 Å². The van der Waals surface area contributed by atoms with Gasteiger partial charge in [0.1, 0.15) is 11.6 Å². The number of aromatic nitrogens is 1. The molecule has 6 nitrogen and oxygen atoms in total. The smallest absolute Gasteiger partial charge is 0.255 e. The molecule has 0 radical (unpaired) electrons. The van der Waals surface area contributed by atoms with Gasteiger partial charge < -0.3 is 19.7 Å². The fourth-order valence-corrected chi connectivity index (χ4v) is 2.85. The third-order valence-electron chi connectivity index (χ3n) is 4.31. The van der Waals surface area contributed by atoms with Gasteiger partial charge in [-0.05, 0) is 36.8 Å². The molecule has 2 heterocycles. The van der Waals surface area contributed by atoms with E-state index in [0.717, 1.165) is 24.4 Å². The highest BCUT2D eigenvalue weighted by Gasteiger charge is 2.21. The zero-order chi connectivity index (χ0) is 17.6. The van der Waals surface area contributed by atoms with Crippen molar-refractivity contribution in [3.8, 4) is 5.75 Å². The Bertz CT molecular complexity index is 712. The first kappa shape index (κ1) is 17.2. The van der Waals surface area contributed by atoms with E-state index in [1.54, 1.807) is 19.4 Å². The van der Waals surface area contributed by atoms with E-state index in [-0.39, 0.29) is 11.9 Å². The number of methoxy groups -OCH3 is 1. The Kier molecular flexibility index (Phi) is 5.50. The molecule has 1 aliphatic rings. The predicted octanol–water partition coefficient (Wildman–Crippen LogP) is 2.42. The van der Waals surface area contributed by atoms with E-state index < -0.39 is 0 Å². The molecule has 2 aromatic rings. The van der Waals surface area contributed by atoms with Crippen LogP contribution in [0, 0.1) is 0 Å². The molecule has 1 unspecified atom stereocenters. The molecule has 0 saturated carbocycles. The van der Waals surface area contributed by atoms with Crippen LogP contribution in [0.2, 0.25) is 0 Å². The summed E-state index contributed by atoms with van der Waals surface area (Å²) in [5, 5.41) is 3.05. The number of hydrogen-bond donors (Lipinski definition) is 1. The number of hydrogen-bond acceptors (Lipinski definition) is 5. The van der Waals surface area contributed by atoms with Gasteiger partial charge in [-0.2, -0.15) is 0 Å². The lowest BCUT2D eigenvalue weighted by Crippen LogP contribution is -2.38. The topological polar surface area (TPSA) is 63.7 Å². The Morgan fingerprint density at radius 1 is 1.24 bits per heavy atom. The molecule has 1 atom stereocenters. The molecular formula is C19H23N3O3. The van der Waals surface area contributed by atoms with Crippen LogP contribution in [0.1, 0.15) is 28.9 Å². The number of amides is 1. The van der Waals surface area contributed by atoms with Gasteiger partial charge in [0.15, 0.2) is 0 Å². The van der Waals surface area contributed by atoms with Gasteiger partial charge in [0.25, 0.3) is 5.91 Å². The van der Waals surface area contributed by atoms with Crippen LogP contribution in [0.4, 0.5) is 5.82 Å². The lowest BCUT2D eigenvalue weighted by atomic mass is 10.1. The first-order valence-electron chi connectivity index (χ1n) is 8.41. The molecule has 25 heavy (non-hydrogen) atoms. The number of rotatable bonds is 5. The van der Waals surface area contributed by atoms with E-state index in [2.05, 4.69) is 15.2 Å². The number of nitrogens with zero attached hydrogens (tertiary/aromatic N) is 2. The lowest BCUT2D eigenvalue weighted by molar-refractivity contribution is 0.0938. The Labute approximate surface area is 147 Å². The monoisotopic (exact) mass is 341 g/mol. The number of benzene rings is 1. The van der Waals surface area contributed by atoms with Gasteiger partial charge in [0.2, 0.25) is 0 Å². The summed E-state index contributed by atoms with van der Waals surface area (Å²) in [6.07, 6.45) is 1.72. The molecule has 1 amide bonds. The third kappa shape index (κ3) is 4.09. The molecule has 1 saturated heterocycles. The lowest BCUT2D eigenvalue weighted by Gasteiger charge is -2.29. The fourth-order valence-electron chi connectivity index (χ4n) is 2.85. The highest BCUT2D eigenvalue weighted by molar-refractivity contribution is 5.99. The van der Waals surface area contributed by atoms with Crippen LogP contribution in [0.15, 0.2) is 42.6 Å². The van der Waals surface area contributed by atoms with Crippen LogP contribution in [0.3, 0.4) is 0 Å². The van der Waals surface area contributed by atoms with Crippen molar-refractivity contribution in [1.29, 1.82) is 0 Å². The van der Waals surface area contributed by atoms with Gasteiger partial charge in [-0.3, -0.25) is 4.79 Å². The number of nitrogens with one attached hydrogen (secondary N) is 1. The maximum atomic E-state index is 12.8. The zero-order valence-corrected chi connectivity index (χ0v) is 14.6. The van der Waals surface area contributed by atoms with Crippen molar-refractivity contribution >= 4 is 11.7 Å². The van der Waals surface area contributed by atoms with Gasteiger partial charge in [-0.15, -0.1) is 0 Å². The number of ether oxygens (including phenoxy) is 2. The number of pyridine rings is 1. The molecular weight excluding hydrogens is 318 g/mol. The highest BCUT2D eigenvalue weighted by atomic mass is 16.5. The van der Waals surface area contributed by atoms with E-state index >= 15 is 0 Å². The van der Waals surface area contributed by atoms with Crippen molar-refractivity contribution in [2.24, 2.45) is 0 Å². The molecule has 6 heteroatoms. The fraction of sp³-hybridized carbons (Fsp3) is 0.368. The Morgan fingerprint density at radius 3 is 2.64 bits per heavy atom. The largest absolute Gasteiger partial charge is 0.497 e. The molecule has 132 valence electrons. The highest BCUT2D eigenvalue weighted by Crippen LogP contribution is 2.21. The summed E-state index contributed by atoms with van der Waals surface area (Å²) in [5.74, 6) is 1.38. The molecule has 0 spiro atoms. The van der Waals surface area contributed by atoms with Crippen molar-refractivity contribution in [2.75, 3.05) is 38.3 Å². The van der Waals surface area contributed by atoms with Gasteiger partial charge in [0.05, 0.1) is 31.9 Å². The SMILES string of the molecule is COc1ccc(C(C)NC(=O)c2cccnc2N2CCOCC2)cc1. The summed E-state index contributed by atoms with van der Waals surface area (Å²) in [7, 11) is 1.63. The second-order valence-corrected chi connectivity index (χ2v) is 5.94. The Morgan fingerprint density at radius 2 is 1.96 bits per heavy atom. The van der Waals surface area contributed by atoms with Crippen molar-refractivity contribution in [2.45, 2.75) is 13.0 Å². The first-order chi connectivity index (χ1) is 12.2. The van der Waals surface area contributed by atoms with Crippen LogP contribution >= 0.6 is 0 Å². The van der Waals surface area contributed by atoms with E-state index in [1.165, 1.54) is 0 Å². The van der Waals surface area contributed by atoms with Crippen molar-refractivity contribution in [3.63, 3.8) is 0 Å². The van der Waals surface area contributed by atoms with Crippen LogP contribution in [0.5, 0.6) is 5.75 Å². The summed E-state index contributed by atoms with van der Waals surface area (Å²) in [4.78, 5) is 19.3. The molecule has 1 aliphatic heterocycles. The summed E-state index contributed by atoms with van der Waals surface area (Å²) in [6.45, 7) is 4.75. The van der Waals surface area contributed by atoms with Gasteiger partial charge >= 0.3 is 0 Å². The number of carbonyl (C=O) groups is 1. The summed E-state index contributed by atoms with van der Waals surface area (Å²) in [6, 6.07) is 11.2. The second-order valence-electron chi connectivity index (χ2n) is 5.94. The van der Waals surface area contributed by atoms with E-state index in [4.69, 9.17) is 9.47 Å². The molecule has 1 N–H and O–H groups in total. The Hall–Kier alpha value is -2.60. The van der Waals surface area contributed by atoms with E-state index in [1.807, 2.05) is 37.3 Å². The maximum absolute atomic E-state index is 12.8. The summed E-state index contributed by atoms with van der Waals surface area (Å²) >= 11 is 0. The zero-order valence-electron chi connectivity index (χ0n) is 14.6. The van der Waals surface area contributed by atoms with Crippen LogP contribution in [0.25, 0.3) is 0 Å². The minimum atomic E-state index is -0.127. The minimum absolute atomic E-state index is 0.115. The minimum Gasteiger partial charge on any atom is -0.497 e. The first-order valence-corrected chi connectivity index (χ1v) is 8.41. The third-order valence-corrected chi connectivity index (χ3v) is 4.31. The van der Waals surface area contributed by atoms with Crippen molar-refractivity contribution in [1.82, 2.24) is 10.3 Å². The van der Waals surface area contributed by atoms with Crippen molar-refractivity contribution in [3.05, 3.63) is 53.7 Å². The molecule has 1 fully saturated rings. The van der Waals surface area contributed by atoms with Crippen LogP contribution in [-0.2, 0) is 4.74 Å². The Balaban J connectivity index is 1.74. The molecule has 1 aromatic heterocycles. The summed E-state index contributed by atoms with van der Waals surface area (Å²) in [5.41, 5.74) is 1.61. The van der Waals surface area contributed by atoms with E-state index in [0.29, 0.717) is 24.6 Å². The van der Waals surface area contributed by atoms with Crippen LogP contribution < -0.4 is 15.0 Å². The average molecular weight is 341 g/mol. The van der Waals surface area contributed by atoms with Gasteiger partial charge in [0, 0.05) is 19.3 Å². The number of anilines is 1. The number of carbonyl (C=O) groups excluding carboxylic acids is 1. The van der Waals surface area contributed by atoms with Crippen molar-refractivity contribution < 1.29 is 14.3 Å². The van der Waals surface area contributed by atoms with E-state index in [9.17, 15) is 4.79 Å². The van der Waals surface area contributed by atoms with Gasteiger partial charge in [-0.25, -0.2) is 4.98 Å². The molecule has 3 rings (SSSR count). The predicted molar refractivity (Wildman–Crippen MR) is 96.1 cm³/mol. The second kappa shape index (κ2) is 7.98. The standard InChI is InChI=1S/C19H23N3O3/c1-14(15-5-7-16(24-2)8-6-15)21-19(23)17-4-3-9-20-18(17)22-10-12-25-13-11-22/h3-9,14H,10-13H2,1-2H3,(H,21,23). The quantitative estimate of drug-likeness (QED) is 0.905. The van der Waals surface area contributed by atoms with Crippen LogP contribution in [-0.4, -0.2) is 44.3 Å². The molecule has 0 aliphatic carbocycles. The number of morpholine rings is 1. The normalized spacial score (nSPS) is 15.5.